The Kier molecular flexibility index (Phi) is 5.47. The van der Waals surface area contributed by atoms with E-state index in [1.807, 2.05) is 24.3 Å². The molecule has 0 amide bonds. The second kappa shape index (κ2) is 6.92. The summed E-state index contributed by atoms with van der Waals surface area (Å²) < 4.78 is 6.56. The molecule has 20 heavy (non-hydrogen) atoms. The summed E-state index contributed by atoms with van der Waals surface area (Å²) in [4.78, 5) is 0. The minimum absolute atomic E-state index is 0.318. The van der Waals surface area contributed by atoms with Crippen molar-refractivity contribution in [3.8, 4) is 5.75 Å². The van der Waals surface area contributed by atoms with Gasteiger partial charge >= 0.3 is 0 Å². The van der Waals surface area contributed by atoms with Gasteiger partial charge in [0.15, 0.2) is 0 Å². The predicted octanol–water partition coefficient (Wildman–Crippen LogP) is 3.21. The fourth-order valence-electron chi connectivity index (χ4n) is 2.41. The van der Waals surface area contributed by atoms with Gasteiger partial charge in [0.1, 0.15) is 18.5 Å². The van der Waals surface area contributed by atoms with Crippen molar-refractivity contribution in [3.05, 3.63) is 28.7 Å². The van der Waals surface area contributed by atoms with Gasteiger partial charge in [-0.25, -0.2) is 0 Å². The Morgan fingerprint density at radius 2 is 2.15 bits per heavy atom. The van der Waals surface area contributed by atoms with Gasteiger partial charge in [-0.05, 0) is 42.4 Å². The molecule has 1 saturated carbocycles. The Bertz CT molecular complexity index is 432. The highest BCUT2D eigenvalue weighted by Gasteiger charge is 2.44. The molecule has 1 aliphatic carbocycles. The van der Waals surface area contributed by atoms with Gasteiger partial charge in [0, 0.05) is 17.6 Å². The fraction of sp³-hybridized carbons (Fsp3) is 0.625. The second-order valence-electron chi connectivity index (χ2n) is 6.07. The van der Waals surface area contributed by atoms with E-state index in [2.05, 4.69) is 35.1 Å². The van der Waals surface area contributed by atoms with E-state index in [1.165, 1.54) is 12.8 Å². The lowest BCUT2D eigenvalue weighted by atomic mass is 9.92. The first-order valence-corrected chi connectivity index (χ1v) is 8.08. The normalized spacial score (nSPS) is 18.1. The summed E-state index contributed by atoms with van der Waals surface area (Å²) in [5, 5.41) is 13.3. The zero-order valence-electron chi connectivity index (χ0n) is 12.2. The smallest absolute Gasteiger partial charge is 0.120 e. The molecule has 1 unspecified atom stereocenters. The van der Waals surface area contributed by atoms with E-state index in [9.17, 15) is 5.11 Å². The van der Waals surface area contributed by atoms with Crippen molar-refractivity contribution in [1.29, 1.82) is 0 Å². The predicted molar refractivity (Wildman–Crippen MR) is 85.0 cm³/mol. The number of hydrogen-bond acceptors (Lipinski definition) is 3. The van der Waals surface area contributed by atoms with Crippen LogP contribution in [0.5, 0.6) is 5.75 Å². The molecule has 1 aliphatic rings. The van der Waals surface area contributed by atoms with Crippen molar-refractivity contribution in [1.82, 2.24) is 5.32 Å². The average molecular weight is 342 g/mol. The molecule has 0 radical (unpaired) electrons. The molecule has 1 aromatic rings. The molecule has 2 rings (SSSR count). The van der Waals surface area contributed by atoms with Gasteiger partial charge in [0.05, 0.1) is 0 Å². The number of hydrogen-bond donors (Lipinski definition) is 2. The van der Waals surface area contributed by atoms with Crippen molar-refractivity contribution in [2.24, 2.45) is 11.3 Å². The van der Waals surface area contributed by atoms with E-state index in [-0.39, 0.29) is 0 Å². The van der Waals surface area contributed by atoms with Gasteiger partial charge in [-0.3, -0.25) is 0 Å². The maximum atomic E-state index is 9.94. The lowest BCUT2D eigenvalue weighted by molar-refractivity contribution is 0.104. The molecule has 112 valence electrons. The molecule has 0 heterocycles. The van der Waals surface area contributed by atoms with Crippen LogP contribution in [0.1, 0.15) is 26.7 Å². The molecule has 0 bridgehead atoms. The van der Waals surface area contributed by atoms with Crippen LogP contribution in [-0.4, -0.2) is 30.9 Å². The van der Waals surface area contributed by atoms with Gasteiger partial charge in [-0.1, -0.05) is 35.8 Å². The minimum Gasteiger partial charge on any atom is -0.491 e. The third-order valence-corrected chi connectivity index (χ3v) is 4.71. The summed E-state index contributed by atoms with van der Waals surface area (Å²) in [7, 11) is 0. The SMILES string of the molecule is CC(C)C1(CNCC(O)COc2cccc(Br)c2)CC1. The Morgan fingerprint density at radius 3 is 2.75 bits per heavy atom. The lowest BCUT2D eigenvalue weighted by Crippen LogP contribution is -2.36. The highest BCUT2D eigenvalue weighted by atomic mass is 79.9. The van der Waals surface area contributed by atoms with Crippen LogP contribution in [0.2, 0.25) is 0 Å². The molecule has 2 N–H and O–H groups in total. The van der Waals surface area contributed by atoms with E-state index in [1.54, 1.807) is 0 Å². The molecular formula is C16H24BrNO2. The van der Waals surface area contributed by atoms with Crippen LogP contribution in [-0.2, 0) is 0 Å². The van der Waals surface area contributed by atoms with E-state index < -0.39 is 6.10 Å². The molecule has 4 heteroatoms. The maximum absolute atomic E-state index is 9.94. The summed E-state index contributed by atoms with van der Waals surface area (Å²) in [5.41, 5.74) is 0.477. The van der Waals surface area contributed by atoms with Crippen molar-refractivity contribution >= 4 is 15.9 Å². The number of aliphatic hydroxyl groups excluding tert-OH is 1. The summed E-state index contributed by atoms with van der Waals surface area (Å²) >= 11 is 3.40. The lowest BCUT2D eigenvalue weighted by Gasteiger charge is -2.21. The Morgan fingerprint density at radius 1 is 1.40 bits per heavy atom. The van der Waals surface area contributed by atoms with Crippen LogP contribution in [0.25, 0.3) is 0 Å². The number of rotatable bonds is 8. The van der Waals surface area contributed by atoms with Crippen LogP contribution in [0.4, 0.5) is 0 Å². The Hall–Kier alpha value is -0.580. The fourth-order valence-corrected chi connectivity index (χ4v) is 2.79. The molecule has 1 fully saturated rings. The zero-order chi connectivity index (χ0) is 14.6. The van der Waals surface area contributed by atoms with Crippen molar-refractivity contribution in [2.45, 2.75) is 32.8 Å². The van der Waals surface area contributed by atoms with Crippen molar-refractivity contribution < 1.29 is 9.84 Å². The highest BCUT2D eigenvalue weighted by molar-refractivity contribution is 9.10. The third kappa shape index (κ3) is 4.47. The van der Waals surface area contributed by atoms with E-state index in [0.717, 1.165) is 16.8 Å². The Balaban J connectivity index is 1.64. The molecule has 0 spiro atoms. The van der Waals surface area contributed by atoms with E-state index >= 15 is 0 Å². The summed E-state index contributed by atoms with van der Waals surface area (Å²) in [5.74, 6) is 1.49. The van der Waals surface area contributed by atoms with Crippen LogP contribution in [0, 0.1) is 11.3 Å². The van der Waals surface area contributed by atoms with Gasteiger partial charge in [0.25, 0.3) is 0 Å². The van der Waals surface area contributed by atoms with Crippen LogP contribution in [0.3, 0.4) is 0 Å². The number of nitrogens with one attached hydrogen (secondary N) is 1. The highest BCUT2D eigenvalue weighted by Crippen LogP contribution is 2.51. The number of aliphatic hydroxyl groups is 1. The van der Waals surface area contributed by atoms with Crippen molar-refractivity contribution in [3.63, 3.8) is 0 Å². The standard InChI is InChI=1S/C16H24BrNO2/c1-12(2)16(6-7-16)11-18-9-14(19)10-20-15-5-3-4-13(17)8-15/h3-5,8,12,14,18-19H,6-7,9-11H2,1-2H3. The van der Waals surface area contributed by atoms with Gasteiger partial charge in [-0.2, -0.15) is 0 Å². The summed E-state index contributed by atoms with van der Waals surface area (Å²) in [6, 6.07) is 7.66. The molecule has 1 aromatic carbocycles. The zero-order valence-corrected chi connectivity index (χ0v) is 13.8. The molecule has 0 aromatic heterocycles. The number of halogens is 1. The first kappa shape index (κ1) is 15.8. The summed E-state index contributed by atoms with van der Waals surface area (Å²) in [6.45, 7) is 6.46. The van der Waals surface area contributed by atoms with Crippen molar-refractivity contribution in [2.75, 3.05) is 19.7 Å². The summed E-state index contributed by atoms with van der Waals surface area (Å²) in [6.07, 6.45) is 2.14. The van der Waals surface area contributed by atoms with Crippen LogP contribution in [0.15, 0.2) is 28.7 Å². The molecule has 0 aliphatic heterocycles. The quantitative estimate of drug-likeness (QED) is 0.762. The Labute approximate surface area is 129 Å². The molecule has 0 saturated heterocycles. The molecule has 1 atom stereocenters. The average Bonchev–Trinajstić information content (AvgIpc) is 3.18. The van der Waals surface area contributed by atoms with Gasteiger partial charge in [-0.15, -0.1) is 0 Å². The number of ether oxygens (including phenoxy) is 1. The minimum atomic E-state index is -0.475. The molecular weight excluding hydrogens is 318 g/mol. The maximum Gasteiger partial charge on any atom is 0.120 e. The van der Waals surface area contributed by atoms with Crippen LogP contribution >= 0.6 is 15.9 Å². The first-order valence-electron chi connectivity index (χ1n) is 7.29. The molecule has 3 nitrogen and oxygen atoms in total. The van der Waals surface area contributed by atoms with Crippen LogP contribution < -0.4 is 10.1 Å². The first-order chi connectivity index (χ1) is 9.52. The van der Waals surface area contributed by atoms with E-state index in [0.29, 0.717) is 24.5 Å². The van der Waals surface area contributed by atoms with Gasteiger partial charge < -0.3 is 15.2 Å². The third-order valence-electron chi connectivity index (χ3n) is 4.21. The largest absolute Gasteiger partial charge is 0.491 e. The monoisotopic (exact) mass is 341 g/mol. The second-order valence-corrected chi connectivity index (χ2v) is 6.99. The van der Waals surface area contributed by atoms with Gasteiger partial charge in [0.2, 0.25) is 0 Å². The van der Waals surface area contributed by atoms with E-state index in [4.69, 9.17) is 4.74 Å². The topological polar surface area (TPSA) is 41.5 Å². The number of benzene rings is 1.